The van der Waals surface area contributed by atoms with Gasteiger partial charge in [-0.25, -0.2) is 4.79 Å². The Morgan fingerprint density at radius 1 is 1.23 bits per heavy atom. The van der Waals surface area contributed by atoms with Gasteiger partial charge in [-0.05, 0) is 65.2 Å². The fourth-order valence-electron chi connectivity index (χ4n) is 4.10. The number of piperidine rings is 1. The number of aliphatic hydroxyl groups excluding tert-OH is 1. The van der Waals surface area contributed by atoms with Crippen LogP contribution in [0.3, 0.4) is 0 Å². The lowest BCUT2D eigenvalue weighted by molar-refractivity contribution is -0.0374. The largest absolute Gasteiger partial charge is 0.444 e. The van der Waals surface area contributed by atoms with Crippen LogP contribution in [0, 0.1) is 11.3 Å². The van der Waals surface area contributed by atoms with Crippen molar-refractivity contribution in [3.63, 3.8) is 0 Å². The Balaban J connectivity index is 2.19. The first-order valence-corrected chi connectivity index (χ1v) is 8.72. The average molecular weight is 311 g/mol. The summed E-state index contributed by atoms with van der Waals surface area (Å²) in [6.45, 7) is 12.1. The second-order valence-electron chi connectivity index (χ2n) is 8.87. The van der Waals surface area contributed by atoms with E-state index in [9.17, 15) is 9.90 Å². The van der Waals surface area contributed by atoms with Crippen LogP contribution >= 0.6 is 0 Å². The van der Waals surface area contributed by atoms with Gasteiger partial charge in [-0.15, -0.1) is 0 Å². The van der Waals surface area contributed by atoms with E-state index in [-0.39, 0.29) is 35.6 Å². The molecule has 2 aliphatic rings. The molecule has 4 atom stereocenters. The summed E-state index contributed by atoms with van der Waals surface area (Å²) in [4.78, 5) is 14.6. The first kappa shape index (κ1) is 17.6. The predicted molar refractivity (Wildman–Crippen MR) is 87.7 cm³/mol. The van der Waals surface area contributed by atoms with Crippen molar-refractivity contribution in [2.45, 2.75) is 97.4 Å². The van der Waals surface area contributed by atoms with Crippen molar-refractivity contribution < 1.29 is 14.6 Å². The van der Waals surface area contributed by atoms with Crippen LogP contribution in [0.25, 0.3) is 0 Å². The van der Waals surface area contributed by atoms with Gasteiger partial charge < -0.3 is 14.7 Å². The van der Waals surface area contributed by atoms with Crippen molar-refractivity contribution in [3.05, 3.63) is 0 Å². The fourth-order valence-corrected chi connectivity index (χ4v) is 4.10. The summed E-state index contributed by atoms with van der Waals surface area (Å²) in [5.41, 5.74) is -0.530. The highest BCUT2D eigenvalue weighted by molar-refractivity contribution is 5.69. The normalized spacial score (nSPS) is 35.5. The fraction of sp³-hybridized carbons (Fsp3) is 0.944. The van der Waals surface area contributed by atoms with E-state index < -0.39 is 5.60 Å². The number of nitrogens with zero attached hydrogens (tertiary/aromatic N) is 1. The molecule has 1 saturated heterocycles. The van der Waals surface area contributed by atoms with Gasteiger partial charge in [0.15, 0.2) is 0 Å². The van der Waals surface area contributed by atoms with Crippen LogP contribution in [0.2, 0.25) is 0 Å². The van der Waals surface area contributed by atoms with E-state index in [0.717, 1.165) is 32.1 Å². The van der Waals surface area contributed by atoms with Crippen LogP contribution in [0.15, 0.2) is 0 Å². The van der Waals surface area contributed by atoms with E-state index in [2.05, 4.69) is 20.8 Å². The maximum atomic E-state index is 12.7. The number of hydrogen-bond donors (Lipinski definition) is 1. The van der Waals surface area contributed by atoms with Crippen LogP contribution in [0.5, 0.6) is 0 Å². The standard InChI is InChI=1S/C18H33NO3/c1-12-8-7-9-14(13-10-11-18(5,6)15(13)20)19(12)16(21)22-17(2,3)4/h12-15,20H,7-11H2,1-6H3. The highest BCUT2D eigenvalue weighted by Crippen LogP contribution is 2.46. The van der Waals surface area contributed by atoms with E-state index in [1.165, 1.54) is 0 Å². The molecule has 22 heavy (non-hydrogen) atoms. The summed E-state index contributed by atoms with van der Waals surface area (Å²) >= 11 is 0. The molecule has 4 nitrogen and oxygen atoms in total. The molecule has 1 aliphatic heterocycles. The lowest BCUT2D eigenvalue weighted by atomic mass is 9.81. The zero-order chi connectivity index (χ0) is 16.7. The molecule has 2 fully saturated rings. The number of carbonyl (C=O) groups is 1. The monoisotopic (exact) mass is 311 g/mol. The SMILES string of the molecule is CC1CCCC(C2CCC(C)(C)C2O)N1C(=O)OC(C)(C)C. The minimum absolute atomic E-state index is 0.0506. The molecule has 4 heteroatoms. The van der Waals surface area contributed by atoms with Crippen LogP contribution in [-0.4, -0.2) is 39.9 Å². The van der Waals surface area contributed by atoms with Crippen LogP contribution in [-0.2, 0) is 4.74 Å². The second-order valence-corrected chi connectivity index (χ2v) is 8.87. The van der Waals surface area contributed by atoms with E-state index in [1.54, 1.807) is 0 Å². The number of aliphatic hydroxyl groups is 1. The van der Waals surface area contributed by atoms with Crippen molar-refractivity contribution in [2.75, 3.05) is 0 Å². The third kappa shape index (κ3) is 3.58. The number of carbonyl (C=O) groups excluding carboxylic acids is 1. The topological polar surface area (TPSA) is 49.8 Å². The van der Waals surface area contributed by atoms with Gasteiger partial charge in [0.05, 0.1) is 6.10 Å². The molecule has 1 saturated carbocycles. The lowest BCUT2D eigenvalue weighted by Gasteiger charge is -2.45. The number of rotatable bonds is 1. The van der Waals surface area contributed by atoms with Crippen LogP contribution in [0.1, 0.15) is 73.6 Å². The summed E-state index contributed by atoms with van der Waals surface area (Å²) < 4.78 is 5.63. The molecule has 0 bridgehead atoms. The number of ether oxygens (including phenoxy) is 1. The Labute approximate surface area is 135 Å². The molecule has 0 radical (unpaired) electrons. The highest BCUT2D eigenvalue weighted by atomic mass is 16.6. The zero-order valence-electron chi connectivity index (χ0n) is 15.1. The third-order valence-electron chi connectivity index (χ3n) is 5.38. The van der Waals surface area contributed by atoms with Gasteiger partial charge in [0, 0.05) is 18.0 Å². The number of hydrogen-bond acceptors (Lipinski definition) is 3. The van der Waals surface area contributed by atoms with Gasteiger partial charge >= 0.3 is 6.09 Å². The Kier molecular flexibility index (Phi) is 4.82. The Hall–Kier alpha value is -0.770. The minimum atomic E-state index is -0.480. The minimum Gasteiger partial charge on any atom is -0.444 e. The molecule has 128 valence electrons. The summed E-state index contributed by atoms with van der Waals surface area (Å²) in [6.07, 6.45) is 4.56. The maximum Gasteiger partial charge on any atom is 0.410 e. The van der Waals surface area contributed by atoms with Crippen molar-refractivity contribution in [2.24, 2.45) is 11.3 Å². The van der Waals surface area contributed by atoms with Crippen molar-refractivity contribution in [3.8, 4) is 0 Å². The van der Waals surface area contributed by atoms with Crippen molar-refractivity contribution in [1.29, 1.82) is 0 Å². The van der Waals surface area contributed by atoms with E-state index in [1.807, 2.05) is 25.7 Å². The first-order chi connectivity index (χ1) is 10.0. The molecule has 0 spiro atoms. The summed E-state index contributed by atoms with van der Waals surface area (Å²) in [7, 11) is 0. The third-order valence-corrected chi connectivity index (χ3v) is 5.38. The molecule has 4 unspecified atom stereocenters. The van der Waals surface area contributed by atoms with Crippen molar-refractivity contribution in [1.82, 2.24) is 4.90 Å². The first-order valence-electron chi connectivity index (χ1n) is 8.72. The quantitative estimate of drug-likeness (QED) is 0.797. The van der Waals surface area contributed by atoms with E-state index in [0.29, 0.717) is 0 Å². The molecule has 1 amide bonds. The molecule has 0 aromatic carbocycles. The molecular weight excluding hydrogens is 278 g/mol. The van der Waals surface area contributed by atoms with Gasteiger partial charge in [-0.3, -0.25) is 0 Å². The molecular formula is C18H33NO3. The predicted octanol–water partition coefficient (Wildman–Crippen LogP) is 3.96. The van der Waals surface area contributed by atoms with Crippen LogP contribution in [0.4, 0.5) is 4.79 Å². The molecule has 1 heterocycles. The summed E-state index contributed by atoms with van der Waals surface area (Å²) in [5.74, 6) is 0.172. The molecule has 0 aromatic rings. The van der Waals surface area contributed by atoms with Gasteiger partial charge in [0.1, 0.15) is 5.60 Å². The Morgan fingerprint density at radius 2 is 1.86 bits per heavy atom. The summed E-state index contributed by atoms with van der Waals surface area (Å²) in [5, 5.41) is 10.7. The van der Waals surface area contributed by atoms with Crippen LogP contribution < -0.4 is 0 Å². The zero-order valence-corrected chi connectivity index (χ0v) is 15.1. The maximum absolute atomic E-state index is 12.7. The highest BCUT2D eigenvalue weighted by Gasteiger charge is 2.48. The Bertz CT molecular complexity index is 413. The smallest absolute Gasteiger partial charge is 0.410 e. The lowest BCUT2D eigenvalue weighted by Crippen LogP contribution is -2.55. The number of amides is 1. The second kappa shape index (κ2) is 6.03. The van der Waals surface area contributed by atoms with E-state index in [4.69, 9.17) is 4.74 Å². The molecule has 1 aliphatic carbocycles. The van der Waals surface area contributed by atoms with E-state index >= 15 is 0 Å². The summed E-state index contributed by atoms with van der Waals surface area (Å²) in [6, 6.07) is 0.292. The number of likely N-dealkylation sites (tertiary alicyclic amines) is 1. The van der Waals surface area contributed by atoms with Gasteiger partial charge in [0.25, 0.3) is 0 Å². The molecule has 0 aromatic heterocycles. The van der Waals surface area contributed by atoms with Gasteiger partial charge in [-0.1, -0.05) is 13.8 Å². The average Bonchev–Trinajstić information content (AvgIpc) is 2.62. The Morgan fingerprint density at radius 3 is 2.36 bits per heavy atom. The molecule has 2 rings (SSSR count). The molecule has 1 N–H and O–H groups in total. The van der Waals surface area contributed by atoms with Gasteiger partial charge in [-0.2, -0.15) is 0 Å². The van der Waals surface area contributed by atoms with Gasteiger partial charge in [0.2, 0.25) is 0 Å². The van der Waals surface area contributed by atoms with Crippen molar-refractivity contribution >= 4 is 6.09 Å².